The molecule has 0 saturated carbocycles. The molecule has 1 N–H and O–H groups in total. The van der Waals surface area contributed by atoms with Gasteiger partial charge in [-0.2, -0.15) is 0 Å². The lowest BCUT2D eigenvalue weighted by Crippen LogP contribution is -2.29. The van der Waals surface area contributed by atoms with Gasteiger partial charge in [0.25, 0.3) is 5.91 Å². The average Bonchev–Trinajstić information content (AvgIpc) is 2.82. The zero-order valence-corrected chi connectivity index (χ0v) is 18.1. The predicted molar refractivity (Wildman–Crippen MR) is 118 cm³/mol. The number of esters is 1. The minimum absolute atomic E-state index is 0.138. The Hall–Kier alpha value is -3.42. The summed E-state index contributed by atoms with van der Waals surface area (Å²) in [7, 11) is 4.34. The van der Waals surface area contributed by atoms with Crippen molar-refractivity contribution in [3.63, 3.8) is 0 Å². The molecule has 3 rings (SSSR count). The Morgan fingerprint density at radius 2 is 1.55 bits per heavy atom. The first-order valence-corrected chi connectivity index (χ1v) is 10.2. The molecule has 2 aromatic rings. The van der Waals surface area contributed by atoms with E-state index in [-0.39, 0.29) is 17.1 Å². The van der Waals surface area contributed by atoms with Gasteiger partial charge in [0.2, 0.25) is 5.75 Å². The van der Waals surface area contributed by atoms with Crippen molar-refractivity contribution in [3.05, 3.63) is 42.0 Å². The third-order valence-electron chi connectivity index (χ3n) is 5.13. The molecule has 1 saturated heterocycles. The van der Waals surface area contributed by atoms with Crippen LogP contribution in [-0.2, 0) is 9.53 Å². The monoisotopic (exact) mass is 428 g/mol. The zero-order valence-electron chi connectivity index (χ0n) is 18.1. The fraction of sp³-hybridized carbons (Fsp3) is 0.391. The summed E-state index contributed by atoms with van der Waals surface area (Å²) in [6.07, 6.45) is 3.68. The van der Waals surface area contributed by atoms with Crippen molar-refractivity contribution in [2.24, 2.45) is 0 Å². The van der Waals surface area contributed by atoms with E-state index in [1.165, 1.54) is 46.7 Å². The van der Waals surface area contributed by atoms with Crippen LogP contribution in [0.1, 0.15) is 29.6 Å². The Bertz CT molecular complexity index is 907. The minimum Gasteiger partial charge on any atom is -0.493 e. The number of hydrogen-bond acceptors (Lipinski definition) is 7. The van der Waals surface area contributed by atoms with Gasteiger partial charge in [0.05, 0.1) is 21.3 Å². The third kappa shape index (κ3) is 5.39. The van der Waals surface area contributed by atoms with Crippen molar-refractivity contribution in [1.82, 2.24) is 0 Å². The second kappa shape index (κ2) is 10.6. The van der Waals surface area contributed by atoms with Crippen LogP contribution in [0.25, 0.3) is 0 Å². The van der Waals surface area contributed by atoms with E-state index in [1.54, 1.807) is 6.07 Å². The Morgan fingerprint density at radius 3 is 2.16 bits per heavy atom. The number of hydrogen-bond donors (Lipinski definition) is 1. The number of nitrogens with zero attached hydrogens (tertiary/aromatic N) is 1. The normalized spacial score (nSPS) is 13.3. The summed E-state index contributed by atoms with van der Waals surface area (Å²) in [5.74, 6) is -0.258. The lowest BCUT2D eigenvalue weighted by Gasteiger charge is -2.28. The first-order chi connectivity index (χ1) is 15.1. The quantitative estimate of drug-likeness (QED) is 0.644. The van der Waals surface area contributed by atoms with Crippen LogP contribution in [0.3, 0.4) is 0 Å². The van der Waals surface area contributed by atoms with Gasteiger partial charge < -0.3 is 29.2 Å². The summed E-state index contributed by atoms with van der Waals surface area (Å²) < 4.78 is 20.9. The van der Waals surface area contributed by atoms with Gasteiger partial charge >= 0.3 is 5.97 Å². The number of anilines is 2. The highest BCUT2D eigenvalue weighted by Gasteiger charge is 2.22. The molecule has 166 valence electrons. The van der Waals surface area contributed by atoms with Crippen molar-refractivity contribution in [3.8, 4) is 17.2 Å². The van der Waals surface area contributed by atoms with E-state index < -0.39 is 18.5 Å². The maximum absolute atomic E-state index is 12.5. The standard InChI is InChI=1S/C23H28N2O6/c1-28-19-12-11-18(21(29-2)22(19)30-3)23(27)31-15-20(26)24-16-7-9-17(10-8-16)25-13-5-4-6-14-25/h7-12H,4-6,13-15H2,1-3H3,(H,24,26). The highest BCUT2D eigenvalue weighted by Crippen LogP contribution is 2.39. The van der Waals surface area contributed by atoms with E-state index in [0.717, 1.165) is 18.8 Å². The third-order valence-corrected chi connectivity index (χ3v) is 5.13. The lowest BCUT2D eigenvalue weighted by atomic mass is 10.1. The van der Waals surface area contributed by atoms with E-state index in [2.05, 4.69) is 10.2 Å². The molecular formula is C23H28N2O6. The van der Waals surface area contributed by atoms with E-state index in [9.17, 15) is 9.59 Å². The number of piperidine rings is 1. The SMILES string of the molecule is COc1ccc(C(=O)OCC(=O)Nc2ccc(N3CCCCC3)cc2)c(OC)c1OC. The molecule has 0 bridgehead atoms. The molecule has 0 aliphatic carbocycles. The molecule has 0 radical (unpaired) electrons. The number of nitrogens with one attached hydrogen (secondary N) is 1. The second-order valence-corrected chi connectivity index (χ2v) is 7.10. The van der Waals surface area contributed by atoms with E-state index in [1.807, 2.05) is 24.3 Å². The fourth-order valence-electron chi connectivity index (χ4n) is 3.58. The number of carbonyl (C=O) groups excluding carboxylic acids is 2. The largest absolute Gasteiger partial charge is 0.493 e. The minimum atomic E-state index is -0.701. The molecule has 1 heterocycles. The Labute approximate surface area is 182 Å². The Balaban J connectivity index is 1.57. The summed E-state index contributed by atoms with van der Waals surface area (Å²) in [4.78, 5) is 27.1. The molecule has 31 heavy (non-hydrogen) atoms. The maximum Gasteiger partial charge on any atom is 0.342 e. The molecule has 1 aliphatic rings. The Morgan fingerprint density at radius 1 is 0.871 bits per heavy atom. The first kappa shape index (κ1) is 22.3. The predicted octanol–water partition coefficient (Wildman–Crippen LogP) is 3.50. The summed E-state index contributed by atoms with van der Waals surface area (Å²) in [5, 5.41) is 2.74. The lowest BCUT2D eigenvalue weighted by molar-refractivity contribution is -0.119. The summed E-state index contributed by atoms with van der Waals surface area (Å²) in [6, 6.07) is 10.7. The molecular weight excluding hydrogens is 400 g/mol. The van der Waals surface area contributed by atoms with Crippen LogP contribution < -0.4 is 24.4 Å². The molecule has 1 aliphatic heterocycles. The molecule has 8 heteroatoms. The molecule has 8 nitrogen and oxygen atoms in total. The van der Waals surface area contributed by atoms with E-state index in [0.29, 0.717) is 11.4 Å². The van der Waals surface area contributed by atoms with Crippen LogP contribution in [0.4, 0.5) is 11.4 Å². The van der Waals surface area contributed by atoms with Gasteiger partial charge in [-0.05, 0) is 55.7 Å². The van der Waals surface area contributed by atoms with Crippen molar-refractivity contribution < 1.29 is 28.5 Å². The number of rotatable bonds is 8. The number of amides is 1. The maximum atomic E-state index is 12.5. The van der Waals surface area contributed by atoms with Crippen LogP contribution >= 0.6 is 0 Å². The number of ether oxygens (including phenoxy) is 4. The van der Waals surface area contributed by atoms with Crippen molar-refractivity contribution in [2.45, 2.75) is 19.3 Å². The van der Waals surface area contributed by atoms with Crippen LogP contribution in [-0.4, -0.2) is 52.9 Å². The molecule has 2 aromatic carbocycles. The van der Waals surface area contributed by atoms with Crippen LogP contribution in [0.5, 0.6) is 17.2 Å². The fourth-order valence-corrected chi connectivity index (χ4v) is 3.58. The van der Waals surface area contributed by atoms with Crippen LogP contribution in [0, 0.1) is 0 Å². The van der Waals surface area contributed by atoms with Crippen molar-refractivity contribution in [1.29, 1.82) is 0 Å². The Kier molecular flexibility index (Phi) is 7.59. The van der Waals surface area contributed by atoms with Crippen molar-refractivity contribution >= 4 is 23.3 Å². The zero-order chi connectivity index (χ0) is 22.2. The number of carbonyl (C=O) groups is 2. The van der Waals surface area contributed by atoms with Gasteiger partial charge in [0.1, 0.15) is 5.56 Å². The molecule has 0 spiro atoms. The average molecular weight is 428 g/mol. The van der Waals surface area contributed by atoms with Gasteiger partial charge in [-0.1, -0.05) is 0 Å². The highest BCUT2D eigenvalue weighted by molar-refractivity contribution is 5.97. The van der Waals surface area contributed by atoms with Crippen LogP contribution in [0.15, 0.2) is 36.4 Å². The van der Waals surface area contributed by atoms with Gasteiger partial charge in [0, 0.05) is 24.5 Å². The topological polar surface area (TPSA) is 86.3 Å². The number of methoxy groups -OCH3 is 3. The van der Waals surface area contributed by atoms with E-state index in [4.69, 9.17) is 18.9 Å². The van der Waals surface area contributed by atoms with Crippen LogP contribution in [0.2, 0.25) is 0 Å². The van der Waals surface area contributed by atoms with E-state index >= 15 is 0 Å². The summed E-state index contributed by atoms with van der Waals surface area (Å²) in [6.45, 7) is 1.69. The first-order valence-electron chi connectivity index (χ1n) is 10.2. The van der Waals surface area contributed by atoms with Crippen molar-refractivity contribution in [2.75, 3.05) is 51.2 Å². The smallest absolute Gasteiger partial charge is 0.342 e. The van der Waals surface area contributed by atoms with Gasteiger partial charge in [0.15, 0.2) is 18.1 Å². The second-order valence-electron chi connectivity index (χ2n) is 7.10. The number of benzene rings is 2. The van der Waals surface area contributed by atoms with Gasteiger partial charge in [-0.3, -0.25) is 4.79 Å². The summed E-state index contributed by atoms with van der Waals surface area (Å²) in [5.41, 5.74) is 1.93. The molecule has 0 atom stereocenters. The molecule has 0 aromatic heterocycles. The van der Waals surface area contributed by atoms with Gasteiger partial charge in [-0.15, -0.1) is 0 Å². The molecule has 1 amide bonds. The molecule has 1 fully saturated rings. The summed E-state index contributed by atoms with van der Waals surface area (Å²) >= 11 is 0. The van der Waals surface area contributed by atoms with Gasteiger partial charge in [-0.25, -0.2) is 4.79 Å². The highest BCUT2D eigenvalue weighted by atomic mass is 16.5. The molecule has 0 unspecified atom stereocenters.